The SMILES string of the molecule is CCCC(C)COc1ccccc1[C@H](C)N. The van der Waals surface area contributed by atoms with Crippen molar-refractivity contribution in [1.82, 2.24) is 0 Å². The van der Waals surface area contributed by atoms with E-state index in [1.807, 2.05) is 31.2 Å². The molecular weight excluding hydrogens is 198 g/mol. The van der Waals surface area contributed by atoms with Crippen LogP contribution in [0.3, 0.4) is 0 Å². The fraction of sp³-hybridized carbons (Fsp3) is 0.571. The van der Waals surface area contributed by atoms with Crippen LogP contribution in [0.4, 0.5) is 0 Å². The highest BCUT2D eigenvalue weighted by atomic mass is 16.5. The van der Waals surface area contributed by atoms with Gasteiger partial charge in [0.05, 0.1) is 6.61 Å². The molecule has 0 aliphatic rings. The average molecular weight is 221 g/mol. The minimum Gasteiger partial charge on any atom is -0.493 e. The standard InChI is InChI=1S/C14H23NO/c1-4-7-11(2)10-16-14-9-6-5-8-13(14)12(3)15/h5-6,8-9,11-12H,4,7,10,15H2,1-3H3/t11?,12-/m0/s1. The summed E-state index contributed by atoms with van der Waals surface area (Å²) in [6, 6.07) is 8.05. The van der Waals surface area contributed by atoms with Gasteiger partial charge in [-0.05, 0) is 25.3 Å². The molecule has 0 aliphatic carbocycles. The summed E-state index contributed by atoms with van der Waals surface area (Å²) in [5.74, 6) is 1.53. The van der Waals surface area contributed by atoms with Gasteiger partial charge in [0.1, 0.15) is 5.75 Å². The maximum atomic E-state index is 5.90. The summed E-state index contributed by atoms with van der Waals surface area (Å²) in [6.07, 6.45) is 2.42. The highest BCUT2D eigenvalue weighted by molar-refractivity contribution is 5.35. The lowest BCUT2D eigenvalue weighted by atomic mass is 10.1. The zero-order valence-corrected chi connectivity index (χ0v) is 10.6. The van der Waals surface area contributed by atoms with E-state index >= 15 is 0 Å². The summed E-state index contributed by atoms with van der Waals surface area (Å²) in [7, 11) is 0. The first-order chi connectivity index (χ1) is 7.65. The van der Waals surface area contributed by atoms with Gasteiger partial charge in [-0.3, -0.25) is 0 Å². The lowest BCUT2D eigenvalue weighted by Gasteiger charge is -2.16. The molecule has 0 saturated heterocycles. The van der Waals surface area contributed by atoms with Crippen LogP contribution in [0.5, 0.6) is 5.75 Å². The second-order valence-electron chi connectivity index (χ2n) is 4.53. The molecule has 16 heavy (non-hydrogen) atoms. The Morgan fingerprint density at radius 3 is 2.56 bits per heavy atom. The molecule has 0 fully saturated rings. The third kappa shape index (κ3) is 3.86. The topological polar surface area (TPSA) is 35.2 Å². The Kier molecular flexibility index (Phi) is 5.33. The monoisotopic (exact) mass is 221 g/mol. The van der Waals surface area contributed by atoms with Crippen molar-refractivity contribution in [1.29, 1.82) is 0 Å². The fourth-order valence-electron chi connectivity index (χ4n) is 1.80. The summed E-state index contributed by atoms with van der Waals surface area (Å²) in [5.41, 5.74) is 6.99. The Hall–Kier alpha value is -1.02. The van der Waals surface area contributed by atoms with Crippen LogP contribution in [-0.2, 0) is 0 Å². The zero-order valence-electron chi connectivity index (χ0n) is 10.6. The van der Waals surface area contributed by atoms with Crippen molar-refractivity contribution in [3.05, 3.63) is 29.8 Å². The molecule has 0 amide bonds. The Morgan fingerprint density at radius 2 is 1.94 bits per heavy atom. The van der Waals surface area contributed by atoms with E-state index in [1.54, 1.807) is 0 Å². The Morgan fingerprint density at radius 1 is 1.25 bits per heavy atom. The van der Waals surface area contributed by atoms with Crippen molar-refractivity contribution >= 4 is 0 Å². The van der Waals surface area contributed by atoms with Gasteiger partial charge >= 0.3 is 0 Å². The molecule has 2 heteroatoms. The van der Waals surface area contributed by atoms with Crippen molar-refractivity contribution < 1.29 is 4.74 Å². The lowest BCUT2D eigenvalue weighted by Crippen LogP contribution is -2.12. The second-order valence-corrected chi connectivity index (χ2v) is 4.53. The third-order valence-electron chi connectivity index (χ3n) is 2.71. The molecular formula is C14H23NO. The molecule has 2 N–H and O–H groups in total. The summed E-state index contributed by atoms with van der Waals surface area (Å²) in [4.78, 5) is 0. The predicted octanol–water partition coefficient (Wildman–Crippen LogP) is 3.52. The van der Waals surface area contributed by atoms with Gasteiger partial charge in [-0.2, -0.15) is 0 Å². The second kappa shape index (κ2) is 6.54. The quantitative estimate of drug-likeness (QED) is 0.797. The van der Waals surface area contributed by atoms with Gasteiger partial charge in [0, 0.05) is 11.6 Å². The molecule has 2 atom stereocenters. The minimum atomic E-state index is 0.0256. The molecule has 0 radical (unpaired) electrons. The van der Waals surface area contributed by atoms with Crippen LogP contribution in [0.2, 0.25) is 0 Å². The molecule has 1 aromatic carbocycles. The van der Waals surface area contributed by atoms with Crippen molar-refractivity contribution in [2.24, 2.45) is 11.7 Å². The van der Waals surface area contributed by atoms with E-state index in [2.05, 4.69) is 13.8 Å². The molecule has 1 unspecified atom stereocenters. The van der Waals surface area contributed by atoms with Crippen LogP contribution in [0.25, 0.3) is 0 Å². The smallest absolute Gasteiger partial charge is 0.124 e. The van der Waals surface area contributed by atoms with Gasteiger partial charge in [0.15, 0.2) is 0 Å². The highest BCUT2D eigenvalue weighted by Crippen LogP contribution is 2.23. The van der Waals surface area contributed by atoms with E-state index in [4.69, 9.17) is 10.5 Å². The van der Waals surface area contributed by atoms with Gasteiger partial charge in [-0.15, -0.1) is 0 Å². The normalized spacial score (nSPS) is 14.5. The zero-order chi connectivity index (χ0) is 12.0. The van der Waals surface area contributed by atoms with E-state index in [-0.39, 0.29) is 6.04 Å². The molecule has 0 bridgehead atoms. The Bertz CT molecular complexity index is 309. The third-order valence-corrected chi connectivity index (χ3v) is 2.71. The Balaban J connectivity index is 2.59. The van der Waals surface area contributed by atoms with E-state index in [9.17, 15) is 0 Å². The van der Waals surface area contributed by atoms with Crippen LogP contribution >= 0.6 is 0 Å². The first kappa shape index (κ1) is 13.0. The van der Waals surface area contributed by atoms with Gasteiger partial charge in [-0.1, -0.05) is 38.5 Å². The Labute approximate surface area is 98.8 Å². The van der Waals surface area contributed by atoms with Gasteiger partial charge in [0.2, 0.25) is 0 Å². The van der Waals surface area contributed by atoms with Crippen molar-refractivity contribution in [3.8, 4) is 5.75 Å². The number of nitrogens with two attached hydrogens (primary N) is 1. The molecule has 90 valence electrons. The summed E-state index contributed by atoms with van der Waals surface area (Å²) in [6.45, 7) is 7.18. The van der Waals surface area contributed by atoms with E-state index in [0.29, 0.717) is 5.92 Å². The van der Waals surface area contributed by atoms with Crippen LogP contribution < -0.4 is 10.5 Å². The van der Waals surface area contributed by atoms with Crippen LogP contribution in [0.15, 0.2) is 24.3 Å². The molecule has 0 aromatic heterocycles. The first-order valence-electron chi connectivity index (χ1n) is 6.12. The maximum absolute atomic E-state index is 5.90. The minimum absolute atomic E-state index is 0.0256. The molecule has 2 nitrogen and oxygen atoms in total. The number of hydrogen-bond donors (Lipinski definition) is 1. The van der Waals surface area contributed by atoms with Crippen molar-refractivity contribution in [3.63, 3.8) is 0 Å². The molecule has 0 aliphatic heterocycles. The average Bonchev–Trinajstić information content (AvgIpc) is 2.27. The van der Waals surface area contributed by atoms with E-state index in [1.165, 1.54) is 12.8 Å². The molecule has 0 saturated carbocycles. The van der Waals surface area contributed by atoms with E-state index < -0.39 is 0 Å². The highest BCUT2D eigenvalue weighted by Gasteiger charge is 2.08. The van der Waals surface area contributed by atoms with Crippen LogP contribution in [-0.4, -0.2) is 6.61 Å². The van der Waals surface area contributed by atoms with Crippen molar-refractivity contribution in [2.75, 3.05) is 6.61 Å². The number of hydrogen-bond acceptors (Lipinski definition) is 2. The predicted molar refractivity (Wildman–Crippen MR) is 68.6 cm³/mol. The van der Waals surface area contributed by atoms with Gasteiger partial charge in [-0.25, -0.2) is 0 Å². The summed E-state index contributed by atoms with van der Waals surface area (Å²) >= 11 is 0. The van der Waals surface area contributed by atoms with Crippen LogP contribution in [0, 0.1) is 5.92 Å². The number of para-hydroxylation sites is 1. The molecule has 1 rings (SSSR count). The first-order valence-corrected chi connectivity index (χ1v) is 6.12. The number of benzene rings is 1. The van der Waals surface area contributed by atoms with E-state index in [0.717, 1.165) is 17.9 Å². The number of rotatable bonds is 6. The molecule has 1 aromatic rings. The lowest BCUT2D eigenvalue weighted by molar-refractivity contribution is 0.248. The number of ether oxygens (including phenoxy) is 1. The van der Waals surface area contributed by atoms with Crippen molar-refractivity contribution in [2.45, 2.75) is 39.7 Å². The molecule has 0 spiro atoms. The van der Waals surface area contributed by atoms with Gasteiger partial charge < -0.3 is 10.5 Å². The fourth-order valence-corrected chi connectivity index (χ4v) is 1.80. The van der Waals surface area contributed by atoms with Crippen LogP contribution in [0.1, 0.15) is 45.2 Å². The summed E-state index contributed by atoms with van der Waals surface area (Å²) < 4.78 is 5.83. The maximum Gasteiger partial charge on any atom is 0.124 e. The van der Waals surface area contributed by atoms with Gasteiger partial charge in [0.25, 0.3) is 0 Å². The molecule has 0 heterocycles. The summed E-state index contributed by atoms with van der Waals surface area (Å²) in [5, 5.41) is 0. The largest absolute Gasteiger partial charge is 0.493 e.